The minimum absolute atomic E-state index is 0.975. The zero-order chi connectivity index (χ0) is 10.7. The zero-order valence-electron chi connectivity index (χ0n) is 8.74. The van der Waals surface area contributed by atoms with Gasteiger partial charge < -0.3 is 0 Å². The Kier molecular flexibility index (Phi) is 2.84. The van der Waals surface area contributed by atoms with Gasteiger partial charge in [0, 0.05) is 28.4 Å². The second-order valence-electron chi connectivity index (χ2n) is 3.27. The van der Waals surface area contributed by atoms with Crippen molar-refractivity contribution in [1.82, 2.24) is 4.98 Å². The number of aryl methyl sites for hydroxylation is 1. The Hall–Kier alpha value is -1.59. The molecular formula is C13H11NS. The quantitative estimate of drug-likeness (QED) is 0.661. The van der Waals surface area contributed by atoms with Crippen LogP contribution in [0.2, 0.25) is 0 Å². The lowest BCUT2D eigenvalue weighted by Crippen LogP contribution is -1.82. The average Bonchev–Trinajstić information content (AvgIpc) is 2.65. The Morgan fingerprint density at radius 2 is 2.20 bits per heavy atom. The monoisotopic (exact) mass is 213 g/mol. The van der Waals surface area contributed by atoms with E-state index < -0.39 is 0 Å². The summed E-state index contributed by atoms with van der Waals surface area (Å²) in [6.07, 6.45) is 3.68. The summed E-state index contributed by atoms with van der Waals surface area (Å²) in [6, 6.07) is 4.21. The Morgan fingerprint density at radius 3 is 2.87 bits per heavy atom. The molecule has 0 aliphatic rings. The van der Waals surface area contributed by atoms with Crippen LogP contribution in [0.1, 0.15) is 18.1 Å². The smallest absolute Gasteiger partial charge is 0.0435 e. The maximum Gasteiger partial charge on any atom is 0.0435 e. The molecule has 0 amide bonds. The number of aromatic nitrogens is 1. The number of thiophene rings is 1. The molecule has 2 heterocycles. The molecule has 15 heavy (non-hydrogen) atoms. The summed E-state index contributed by atoms with van der Waals surface area (Å²) in [5, 5.41) is 2.10. The van der Waals surface area contributed by atoms with E-state index in [4.69, 9.17) is 0 Å². The first-order valence-corrected chi connectivity index (χ1v) is 5.61. The molecule has 0 aliphatic heterocycles. The van der Waals surface area contributed by atoms with E-state index in [0.29, 0.717) is 0 Å². The standard InChI is InChI=1S/C13H11NS/c1-3-4-11-7-12(9-14-8-11)13-10(2)5-6-15-13/h5-9H,1-2H3. The number of rotatable bonds is 1. The lowest BCUT2D eigenvalue weighted by Gasteiger charge is -1.99. The summed E-state index contributed by atoms with van der Waals surface area (Å²) < 4.78 is 0. The van der Waals surface area contributed by atoms with Crippen molar-refractivity contribution in [3.05, 3.63) is 41.0 Å². The summed E-state index contributed by atoms with van der Waals surface area (Å²) in [7, 11) is 0. The van der Waals surface area contributed by atoms with E-state index in [-0.39, 0.29) is 0 Å². The first-order valence-electron chi connectivity index (χ1n) is 4.73. The predicted octanol–water partition coefficient (Wildman–Crippen LogP) is 3.49. The molecule has 1 nitrogen and oxygen atoms in total. The lowest BCUT2D eigenvalue weighted by atomic mass is 10.1. The second-order valence-corrected chi connectivity index (χ2v) is 4.19. The number of nitrogens with zero attached hydrogens (tertiary/aromatic N) is 1. The minimum Gasteiger partial charge on any atom is -0.263 e. The van der Waals surface area contributed by atoms with Crippen LogP contribution in [0.4, 0.5) is 0 Å². The molecule has 0 N–H and O–H groups in total. The molecule has 0 fully saturated rings. The van der Waals surface area contributed by atoms with Crippen molar-refractivity contribution in [2.75, 3.05) is 0 Å². The molecule has 0 saturated carbocycles. The summed E-state index contributed by atoms with van der Waals surface area (Å²) in [5.41, 5.74) is 3.42. The van der Waals surface area contributed by atoms with Crippen LogP contribution in [0.3, 0.4) is 0 Å². The fourth-order valence-electron chi connectivity index (χ4n) is 1.45. The SMILES string of the molecule is CC#Cc1cncc(-c2sccc2C)c1. The molecule has 0 unspecified atom stereocenters. The van der Waals surface area contributed by atoms with Gasteiger partial charge in [0.2, 0.25) is 0 Å². The van der Waals surface area contributed by atoms with Gasteiger partial charge in [-0.25, -0.2) is 0 Å². The third-order valence-corrected chi connectivity index (χ3v) is 3.20. The van der Waals surface area contributed by atoms with Crippen LogP contribution in [-0.4, -0.2) is 4.98 Å². The van der Waals surface area contributed by atoms with Crippen LogP contribution in [0, 0.1) is 18.8 Å². The van der Waals surface area contributed by atoms with E-state index in [1.54, 1.807) is 17.5 Å². The van der Waals surface area contributed by atoms with Crippen LogP contribution in [-0.2, 0) is 0 Å². The maximum atomic E-state index is 4.20. The maximum absolute atomic E-state index is 4.20. The molecule has 74 valence electrons. The molecule has 0 saturated heterocycles. The molecule has 0 radical (unpaired) electrons. The van der Waals surface area contributed by atoms with E-state index in [1.807, 2.05) is 13.1 Å². The van der Waals surface area contributed by atoms with Crippen molar-refractivity contribution in [2.45, 2.75) is 13.8 Å². The molecule has 0 aliphatic carbocycles. The number of pyridine rings is 1. The summed E-state index contributed by atoms with van der Waals surface area (Å²) in [4.78, 5) is 5.48. The van der Waals surface area contributed by atoms with Gasteiger partial charge >= 0.3 is 0 Å². The molecular weight excluding hydrogens is 202 g/mol. The summed E-state index contributed by atoms with van der Waals surface area (Å²) in [6.45, 7) is 3.95. The number of hydrogen-bond donors (Lipinski definition) is 0. The fourth-order valence-corrected chi connectivity index (χ4v) is 2.36. The highest BCUT2D eigenvalue weighted by atomic mass is 32.1. The molecule has 0 bridgehead atoms. The Labute approximate surface area is 93.8 Å². The highest BCUT2D eigenvalue weighted by Crippen LogP contribution is 2.28. The highest BCUT2D eigenvalue weighted by Gasteiger charge is 2.03. The van der Waals surface area contributed by atoms with Crippen LogP contribution in [0.15, 0.2) is 29.9 Å². The Balaban J connectivity index is 2.48. The van der Waals surface area contributed by atoms with E-state index in [1.165, 1.54) is 10.4 Å². The van der Waals surface area contributed by atoms with Gasteiger partial charge in [0.25, 0.3) is 0 Å². The van der Waals surface area contributed by atoms with Gasteiger partial charge in [-0.2, -0.15) is 0 Å². The molecule has 0 spiro atoms. The third kappa shape index (κ3) is 2.08. The highest BCUT2D eigenvalue weighted by molar-refractivity contribution is 7.13. The molecule has 2 aromatic heterocycles. The van der Waals surface area contributed by atoms with Gasteiger partial charge in [-0.05, 0) is 36.9 Å². The largest absolute Gasteiger partial charge is 0.263 e. The normalized spacial score (nSPS) is 9.47. The third-order valence-electron chi connectivity index (χ3n) is 2.13. The first-order chi connectivity index (χ1) is 7.31. The van der Waals surface area contributed by atoms with Crippen molar-refractivity contribution in [3.63, 3.8) is 0 Å². The van der Waals surface area contributed by atoms with Crippen LogP contribution >= 0.6 is 11.3 Å². The topological polar surface area (TPSA) is 12.9 Å². The second kappa shape index (κ2) is 4.29. The predicted molar refractivity (Wildman–Crippen MR) is 64.8 cm³/mol. The van der Waals surface area contributed by atoms with Crippen molar-refractivity contribution >= 4 is 11.3 Å². The van der Waals surface area contributed by atoms with Crippen LogP contribution in [0.25, 0.3) is 10.4 Å². The molecule has 0 aromatic carbocycles. The van der Waals surface area contributed by atoms with Gasteiger partial charge in [0.1, 0.15) is 0 Å². The van der Waals surface area contributed by atoms with E-state index in [9.17, 15) is 0 Å². The van der Waals surface area contributed by atoms with Gasteiger partial charge in [0.15, 0.2) is 0 Å². The number of hydrogen-bond acceptors (Lipinski definition) is 2. The van der Waals surface area contributed by atoms with Gasteiger partial charge in [-0.15, -0.1) is 17.3 Å². The van der Waals surface area contributed by atoms with Crippen molar-refractivity contribution in [1.29, 1.82) is 0 Å². The van der Waals surface area contributed by atoms with Crippen LogP contribution < -0.4 is 0 Å². The Bertz CT molecular complexity index is 529. The van der Waals surface area contributed by atoms with Gasteiger partial charge in [-0.3, -0.25) is 4.98 Å². The molecule has 2 heteroatoms. The van der Waals surface area contributed by atoms with Crippen molar-refractivity contribution in [3.8, 4) is 22.3 Å². The summed E-state index contributed by atoms with van der Waals surface area (Å²) >= 11 is 1.74. The van der Waals surface area contributed by atoms with Crippen molar-refractivity contribution < 1.29 is 0 Å². The van der Waals surface area contributed by atoms with Gasteiger partial charge in [0.05, 0.1) is 0 Å². The molecule has 2 aromatic rings. The van der Waals surface area contributed by atoms with Crippen molar-refractivity contribution in [2.24, 2.45) is 0 Å². The minimum atomic E-state index is 0.975. The lowest BCUT2D eigenvalue weighted by molar-refractivity contribution is 1.31. The molecule has 0 atom stereocenters. The van der Waals surface area contributed by atoms with E-state index >= 15 is 0 Å². The zero-order valence-corrected chi connectivity index (χ0v) is 9.56. The van der Waals surface area contributed by atoms with E-state index in [0.717, 1.165) is 11.1 Å². The average molecular weight is 213 g/mol. The Morgan fingerprint density at radius 1 is 1.33 bits per heavy atom. The molecule has 2 rings (SSSR count). The first kappa shape index (κ1) is 9.95. The van der Waals surface area contributed by atoms with Gasteiger partial charge in [-0.1, -0.05) is 5.92 Å². The fraction of sp³-hybridized carbons (Fsp3) is 0.154. The van der Waals surface area contributed by atoms with Crippen LogP contribution in [0.5, 0.6) is 0 Å². The van der Waals surface area contributed by atoms with E-state index in [2.05, 4.69) is 41.3 Å². The summed E-state index contributed by atoms with van der Waals surface area (Å²) in [5.74, 6) is 5.91.